The Kier molecular flexibility index (Phi) is 23.6. The van der Waals surface area contributed by atoms with Crippen molar-refractivity contribution in [2.24, 2.45) is 0 Å². The number of aromatic nitrogens is 1. The molecule has 0 bridgehead atoms. The molecule has 380 valence electrons. The second-order valence-electron chi connectivity index (χ2n) is 17.6. The number of benzene rings is 3. The van der Waals surface area contributed by atoms with E-state index in [0.717, 1.165) is 100 Å². The lowest BCUT2D eigenvalue weighted by Gasteiger charge is -2.31. The Labute approximate surface area is 408 Å². The van der Waals surface area contributed by atoms with Gasteiger partial charge in [0.1, 0.15) is 5.78 Å². The number of ether oxygens (including phenoxy) is 7. The van der Waals surface area contributed by atoms with E-state index in [1.54, 1.807) is 52.7 Å². The van der Waals surface area contributed by atoms with Gasteiger partial charge in [0.15, 0.2) is 12.6 Å². The number of likely N-dealkylation sites (tertiary alicyclic amines) is 3. The van der Waals surface area contributed by atoms with Crippen LogP contribution in [-0.2, 0) is 50.8 Å². The predicted molar refractivity (Wildman–Crippen MR) is 268 cm³/mol. The number of anilines is 2. The van der Waals surface area contributed by atoms with E-state index < -0.39 is 5.97 Å². The average Bonchev–Trinajstić information content (AvgIpc) is 3.80. The van der Waals surface area contributed by atoms with Crippen LogP contribution < -0.4 is 11.1 Å². The summed E-state index contributed by atoms with van der Waals surface area (Å²) in [6, 6.07) is 19.4. The topological polar surface area (TPSA) is 186 Å². The van der Waals surface area contributed by atoms with Gasteiger partial charge >= 0.3 is 17.9 Å². The van der Waals surface area contributed by atoms with Gasteiger partial charge in [0, 0.05) is 102 Å². The van der Waals surface area contributed by atoms with E-state index in [9.17, 15) is 19.2 Å². The van der Waals surface area contributed by atoms with Gasteiger partial charge in [-0.3, -0.25) is 4.79 Å². The molecule has 3 aromatic carbocycles. The molecular formula is C52H76N6O11. The minimum atomic E-state index is -0.404. The van der Waals surface area contributed by atoms with Crippen LogP contribution in [0.15, 0.2) is 66.9 Å². The fraction of sp³-hybridized carbons (Fsp3) is 0.538. The number of piperidine rings is 3. The third-order valence-electron chi connectivity index (χ3n) is 12.8. The molecule has 4 aromatic rings. The van der Waals surface area contributed by atoms with Crippen LogP contribution in [0, 0.1) is 0 Å². The molecule has 3 aliphatic heterocycles. The van der Waals surface area contributed by atoms with Crippen molar-refractivity contribution < 1.29 is 52.3 Å². The second-order valence-corrected chi connectivity index (χ2v) is 17.6. The number of rotatable bonds is 14. The van der Waals surface area contributed by atoms with Gasteiger partial charge in [-0.1, -0.05) is 18.2 Å². The highest BCUT2D eigenvalue weighted by molar-refractivity contribution is 5.95. The summed E-state index contributed by atoms with van der Waals surface area (Å²) in [5.74, 6) is -0.590. The minimum Gasteiger partial charge on any atom is -0.465 e. The number of carbonyl (C=O) groups is 4. The molecule has 3 aliphatic rings. The number of Topliss-reactive ketones (excluding diaryl/α,β-unsaturated/α-hetero) is 1. The first-order chi connectivity index (χ1) is 33.2. The largest absolute Gasteiger partial charge is 0.465 e. The molecule has 0 atom stereocenters. The fourth-order valence-electron chi connectivity index (χ4n) is 8.27. The summed E-state index contributed by atoms with van der Waals surface area (Å²) in [5, 5.41) is 4.77. The van der Waals surface area contributed by atoms with E-state index in [4.69, 9.17) is 34.2 Å². The molecule has 4 heterocycles. The number of esters is 3. The Bertz CT molecular complexity index is 2220. The van der Waals surface area contributed by atoms with Crippen LogP contribution in [0.4, 0.5) is 11.4 Å². The third kappa shape index (κ3) is 17.5. The van der Waals surface area contributed by atoms with Crippen LogP contribution in [0.25, 0.3) is 10.9 Å². The van der Waals surface area contributed by atoms with Gasteiger partial charge in [-0.15, -0.1) is 0 Å². The average molecular weight is 961 g/mol. The summed E-state index contributed by atoms with van der Waals surface area (Å²) < 4.78 is 37.4. The molecule has 0 aliphatic carbocycles. The van der Waals surface area contributed by atoms with Crippen molar-refractivity contribution in [3.05, 3.63) is 94.7 Å². The molecule has 0 radical (unpaired) electrons. The Morgan fingerprint density at radius 3 is 1.54 bits per heavy atom. The highest BCUT2D eigenvalue weighted by Crippen LogP contribution is 2.29. The fourth-order valence-corrected chi connectivity index (χ4v) is 8.27. The lowest BCUT2D eigenvalue weighted by atomic mass is 10.0. The van der Waals surface area contributed by atoms with Crippen molar-refractivity contribution in [3.8, 4) is 0 Å². The van der Waals surface area contributed by atoms with E-state index >= 15 is 0 Å². The van der Waals surface area contributed by atoms with Crippen molar-refractivity contribution >= 4 is 46.0 Å². The predicted octanol–water partition coefficient (Wildman–Crippen LogP) is 6.33. The molecule has 3 saturated heterocycles. The van der Waals surface area contributed by atoms with Crippen LogP contribution in [0.5, 0.6) is 0 Å². The summed E-state index contributed by atoms with van der Waals surface area (Å²) in [7, 11) is 16.9. The molecule has 17 heteroatoms. The van der Waals surface area contributed by atoms with E-state index in [2.05, 4.69) is 55.7 Å². The zero-order valence-corrected chi connectivity index (χ0v) is 42.4. The molecule has 69 heavy (non-hydrogen) atoms. The van der Waals surface area contributed by atoms with Crippen LogP contribution in [0.1, 0.15) is 86.8 Å². The van der Waals surface area contributed by atoms with Crippen LogP contribution in [0.3, 0.4) is 0 Å². The number of hydrogen-bond acceptors (Lipinski definition) is 16. The van der Waals surface area contributed by atoms with Crippen LogP contribution in [0.2, 0.25) is 0 Å². The number of nitrogens with zero attached hydrogens (tertiary/aromatic N) is 4. The van der Waals surface area contributed by atoms with Gasteiger partial charge in [-0.25, -0.2) is 14.4 Å². The number of nitrogens with two attached hydrogens (primary N) is 1. The molecule has 0 unspecified atom stereocenters. The molecule has 0 amide bonds. The number of fused-ring (bicyclic) bond motifs is 1. The summed E-state index contributed by atoms with van der Waals surface area (Å²) in [4.78, 5) is 52.3. The van der Waals surface area contributed by atoms with Gasteiger partial charge in [-0.2, -0.15) is 0 Å². The molecule has 0 saturated carbocycles. The molecular weight excluding hydrogens is 885 g/mol. The summed E-state index contributed by atoms with van der Waals surface area (Å²) in [6.07, 6.45) is 8.62. The van der Waals surface area contributed by atoms with Gasteiger partial charge in [0.2, 0.25) is 0 Å². The summed E-state index contributed by atoms with van der Waals surface area (Å²) >= 11 is 0. The Morgan fingerprint density at radius 1 is 0.594 bits per heavy atom. The minimum absolute atomic E-state index is 0.275. The maximum Gasteiger partial charge on any atom is 0.337 e. The monoisotopic (exact) mass is 961 g/mol. The number of nitrogen functional groups attached to an aromatic ring is 1. The number of carbonyl (C=O) groups excluding carboxylic acids is 4. The quantitative estimate of drug-likeness (QED) is 0.0618. The van der Waals surface area contributed by atoms with Crippen molar-refractivity contribution in [2.75, 3.05) is 121 Å². The van der Waals surface area contributed by atoms with E-state index in [-0.39, 0.29) is 24.5 Å². The van der Waals surface area contributed by atoms with Crippen molar-refractivity contribution in [1.29, 1.82) is 0 Å². The van der Waals surface area contributed by atoms with Gasteiger partial charge in [-0.05, 0) is 132 Å². The number of ketones is 1. The highest BCUT2D eigenvalue weighted by Gasteiger charge is 2.22. The highest BCUT2D eigenvalue weighted by atomic mass is 16.7. The standard InChI is InChI=1S/C18H28N2O4.C16H20N2O2.C12H17NO4.C6H11NO/c1-20-9-7-15(8-10-20)19-16-11-14(18(21)24-4)6-5-13(16)12-17(22-2)23-3;1-17-8-6-14(7-9-17)18-10-5-12-3-4-13(11-15(12)18)16(19)20-2;1-15-11(16-2)7-8-4-5-9(6-10(8)13)12(14)17-3;1-7-4-2-6(8)3-5-7/h5-6,11,15,17,19H,7-10,12H2,1-4H3;3-5,10-11,14H,6-9H2,1-2H3;4-6,11H,7,13H2,1-3H3;2-5H2,1H3. The van der Waals surface area contributed by atoms with Crippen LogP contribution >= 0.6 is 0 Å². The van der Waals surface area contributed by atoms with Crippen molar-refractivity contribution in [2.45, 2.75) is 76.0 Å². The maximum absolute atomic E-state index is 11.8. The van der Waals surface area contributed by atoms with Crippen LogP contribution in [-0.4, -0.2) is 172 Å². The van der Waals surface area contributed by atoms with E-state index in [1.807, 2.05) is 37.4 Å². The van der Waals surface area contributed by atoms with E-state index in [0.29, 0.717) is 53.1 Å². The van der Waals surface area contributed by atoms with Gasteiger partial charge in [0.25, 0.3) is 0 Å². The molecule has 3 fully saturated rings. The molecule has 17 nitrogen and oxygen atoms in total. The zero-order valence-electron chi connectivity index (χ0n) is 42.4. The maximum atomic E-state index is 11.8. The van der Waals surface area contributed by atoms with Crippen molar-refractivity contribution in [1.82, 2.24) is 19.3 Å². The Balaban J connectivity index is 0.000000211. The Morgan fingerprint density at radius 2 is 1.04 bits per heavy atom. The van der Waals surface area contributed by atoms with Gasteiger partial charge < -0.3 is 63.5 Å². The first kappa shape index (κ1) is 56.2. The molecule has 0 spiro atoms. The van der Waals surface area contributed by atoms with Crippen molar-refractivity contribution in [3.63, 3.8) is 0 Å². The lowest BCUT2D eigenvalue weighted by Crippen LogP contribution is -2.37. The molecule has 1 aromatic heterocycles. The third-order valence-corrected chi connectivity index (χ3v) is 12.8. The first-order valence-electron chi connectivity index (χ1n) is 23.5. The zero-order chi connectivity index (χ0) is 50.5. The Hall–Kier alpha value is -5.40. The number of methoxy groups -OCH3 is 7. The second kappa shape index (κ2) is 28.9. The molecule has 7 rings (SSSR count). The number of nitrogens with one attached hydrogen (secondary N) is 1. The molecule has 3 N–H and O–H groups in total. The lowest BCUT2D eigenvalue weighted by molar-refractivity contribution is -0.121. The first-order valence-corrected chi connectivity index (χ1v) is 23.5. The summed E-state index contributed by atoms with van der Waals surface area (Å²) in [6.45, 7) is 6.31. The summed E-state index contributed by atoms with van der Waals surface area (Å²) in [5.41, 5.74) is 12.0. The normalized spacial score (nSPS) is 16.1. The SMILES string of the molecule is CN1CCC(=O)CC1.COC(=O)c1ccc(CC(OC)OC)c(N)c1.COC(=O)c1ccc(CC(OC)OC)c(NC2CCN(C)CC2)c1.COC(=O)c1ccc2ccn(C3CCN(C)CC3)c2c1. The van der Waals surface area contributed by atoms with E-state index in [1.165, 1.54) is 26.7 Å². The smallest absolute Gasteiger partial charge is 0.337 e. The van der Waals surface area contributed by atoms with Gasteiger partial charge in [0.05, 0.1) is 38.0 Å². The number of hydrogen-bond donors (Lipinski definition) is 2.